The Hall–Kier alpha value is -2.74. The van der Waals surface area contributed by atoms with Crippen molar-refractivity contribution in [3.8, 4) is 0 Å². The molecule has 0 aliphatic carbocycles. The molecule has 2 aromatic rings. The Morgan fingerprint density at radius 2 is 2.16 bits per heavy atom. The van der Waals surface area contributed by atoms with Gasteiger partial charge in [-0.15, -0.1) is 0 Å². The molecule has 0 fully saturated rings. The number of hydrogen-bond donors (Lipinski definition) is 1. The molecule has 128 valence electrons. The zero-order chi connectivity index (χ0) is 17.6. The number of amides is 1. The number of aromatic nitrogens is 2. The molecule has 2 N–H and O–H groups in total. The molecule has 0 spiro atoms. The molecule has 5 nitrogen and oxygen atoms in total. The van der Waals surface area contributed by atoms with Crippen LogP contribution in [0.4, 0.5) is 19.0 Å². The predicted molar refractivity (Wildman–Crippen MR) is 85.4 cm³/mol. The van der Waals surface area contributed by atoms with Crippen LogP contribution in [0.2, 0.25) is 0 Å². The van der Waals surface area contributed by atoms with Gasteiger partial charge in [0.1, 0.15) is 6.42 Å². The molecule has 4 rings (SSSR count). The SMILES string of the molecule is O=C(CC(F)(F)F)N1CC=C(c2ccnc3cnc4c(c23)C=C[NH2+]4)C1. The molecule has 0 aromatic carbocycles. The number of carbonyl (C=O) groups is 1. The van der Waals surface area contributed by atoms with Crippen molar-refractivity contribution in [2.45, 2.75) is 12.6 Å². The van der Waals surface area contributed by atoms with Crippen molar-refractivity contribution < 1.29 is 23.3 Å². The standard InChI is InChI=1S/C17H13F3N4O/c18-17(19,20)7-14(25)24-6-3-10(9-24)11-1-4-21-13-8-23-16-12(15(11)13)2-5-22-16/h1-5,8H,6-7,9H2,(H,22,23)/p+1. The van der Waals surface area contributed by atoms with Crippen LogP contribution in [-0.4, -0.2) is 40.0 Å². The quantitative estimate of drug-likeness (QED) is 0.904. The first-order chi connectivity index (χ1) is 11.9. The highest BCUT2D eigenvalue weighted by Crippen LogP contribution is 2.33. The van der Waals surface area contributed by atoms with Gasteiger partial charge in [-0.2, -0.15) is 13.2 Å². The van der Waals surface area contributed by atoms with E-state index < -0.39 is 18.5 Å². The number of quaternary nitrogens is 1. The van der Waals surface area contributed by atoms with Crippen molar-refractivity contribution in [2.24, 2.45) is 0 Å². The Balaban J connectivity index is 1.67. The van der Waals surface area contributed by atoms with Gasteiger partial charge in [0.2, 0.25) is 11.7 Å². The Morgan fingerprint density at radius 1 is 1.32 bits per heavy atom. The van der Waals surface area contributed by atoms with Crippen molar-refractivity contribution in [2.75, 3.05) is 13.1 Å². The van der Waals surface area contributed by atoms with Crippen molar-refractivity contribution in [1.29, 1.82) is 0 Å². The van der Waals surface area contributed by atoms with Crippen molar-refractivity contribution in [3.63, 3.8) is 0 Å². The third-order valence-electron chi connectivity index (χ3n) is 4.34. The van der Waals surface area contributed by atoms with E-state index in [0.29, 0.717) is 0 Å². The second kappa shape index (κ2) is 5.66. The van der Waals surface area contributed by atoms with Crippen LogP contribution in [0.1, 0.15) is 17.5 Å². The minimum absolute atomic E-state index is 0.165. The fourth-order valence-corrected chi connectivity index (χ4v) is 3.22. The molecule has 2 aromatic heterocycles. The van der Waals surface area contributed by atoms with Gasteiger partial charge in [-0.1, -0.05) is 6.08 Å². The molecule has 4 heterocycles. The normalized spacial score (nSPS) is 16.4. The van der Waals surface area contributed by atoms with Crippen molar-refractivity contribution in [3.05, 3.63) is 41.9 Å². The highest BCUT2D eigenvalue weighted by atomic mass is 19.4. The first-order valence-electron chi connectivity index (χ1n) is 7.75. The largest absolute Gasteiger partial charge is 0.397 e. The Bertz CT molecular complexity index is 933. The fraction of sp³-hybridized carbons (Fsp3) is 0.235. The maximum absolute atomic E-state index is 12.4. The first kappa shape index (κ1) is 15.8. The van der Waals surface area contributed by atoms with Crippen LogP contribution >= 0.6 is 0 Å². The van der Waals surface area contributed by atoms with E-state index in [0.717, 1.165) is 33.4 Å². The molecule has 25 heavy (non-hydrogen) atoms. The average molecular weight is 347 g/mol. The van der Waals surface area contributed by atoms with Crippen LogP contribution in [0.5, 0.6) is 0 Å². The molecule has 8 heteroatoms. The van der Waals surface area contributed by atoms with Crippen LogP contribution in [0.3, 0.4) is 0 Å². The molecule has 0 atom stereocenters. The smallest absolute Gasteiger partial charge is 0.334 e. The second-order valence-corrected chi connectivity index (χ2v) is 6.00. The summed E-state index contributed by atoms with van der Waals surface area (Å²) in [5, 5.41) is 2.81. The Kier molecular flexibility index (Phi) is 3.57. The zero-order valence-electron chi connectivity index (χ0n) is 13.0. The first-order valence-corrected chi connectivity index (χ1v) is 7.75. The van der Waals surface area contributed by atoms with Gasteiger partial charge in [0.25, 0.3) is 0 Å². The minimum atomic E-state index is -4.49. The van der Waals surface area contributed by atoms with Gasteiger partial charge in [0.15, 0.2) is 0 Å². The monoisotopic (exact) mass is 347 g/mol. The van der Waals surface area contributed by atoms with Gasteiger partial charge >= 0.3 is 6.18 Å². The fourth-order valence-electron chi connectivity index (χ4n) is 3.22. The minimum Gasteiger partial charge on any atom is -0.334 e. The predicted octanol–water partition coefficient (Wildman–Crippen LogP) is 1.99. The number of nitrogens with two attached hydrogens (primary N) is 1. The molecule has 2 aliphatic heterocycles. The lowest BCUT2D eigenvalue weighted by atomic mass is 9.99. The van der Waals surface area contributed by atoms with Crippen molar-refractivity contribution in [1.82, 2.24) is 14.9 Å². The van der Waals surface area contributed by atoms with Gasteiger partial charge in [-0.05, 0) is 17.2 Å². The van der Waals surface area contributed by atoms with E-state index in [1.165, 1.54) is 4.90 Å². The summed E-state index contributed by atoms with van der Waals surface area (Å²) in [7, 11) is 0. The summed E-state index contributed by atoms with van der Waals surface area (Å²) in [6.07, 6.45) is 3.06. The van der Waals surface area contributed by atoms with Crippen LogP contribution < -0.4 is 5.32 Å². The van der Waals surface area contributed by atoms with Crippen molar-refractivity contribution >= 4 is 34.3 Å². The van der Waals surface area contributed by atoms with Gasteiger partial charge in [0.05, 0.1) is 23.5 Å². The number of nitrogens with zero attached hydrogens (tertiary/aromatic N) is 3. The van der Waals surface area contributed by atoms with E-state index in [1.54, 1.807) is 18.5 Å². The summed E-state index contributed by atoms with van der Waals surface area (Å²) in [6.45, 7) is 0.349. The van der Waals surface area contributed by atoms with Gasteiger partial charge in [-0.3, -0.25) is 15.1 Å². The molecule has 0 radical (unpaired) electrons. The Labute approximate surface area is 140 Å². The van der Waals surface area contributed by atoms with Gasteiger partial charge in [0, 0.05) is 30.7 Å². The van der Waals surface area contributed by atoms with Gasteiger partial charge in [-0.25, -0.2) is 4.98 Å². The molecule has 1 amide bonds. The lowest BCUT2D eigenvalue weighted by Crippen LogP contribution is -2.70. The Morgan fingerprint density at radius 3 is 2.96 bits per heavy atom. The highest BCUT2D eigenvalue weighted by Gasteiger charge is 2.34. The number of hydrogen-bond acceptors (Lipinski definition) is 3. The maximum atomic E-state index is 12.4. The number of halogens is 3. The summed E-state index contributed by atoms with van der Waals surface area (Å²) in [5.74, 6) is -0.0670. The average Bonchev–Trinajstić information content (AvgIpc) is 3.22. The summed E-state index contributed by atoms with van der Waals surface area (Å²) in [4.78, 5) is 21.7. The summed E-state index contributed by atoms with van der Waals surface area (Å²) in [5.41, 5.74) is 3.38. The van der Waals surface area contributed by atoms with E-state index in [2.05, 4.69) is 9.97 Å². The van der Waals surface area contributed by atoms with E-state index in [4.69, 9.17) is 0 Å². The molecule has 0 saturated heterocycles. The van der Waals surface area contributed by atoms with Crippen LogP contribution in [0.15, 0.2) is 30.7 Å². The highest BCUT2D eigenvalue weighted by molar-refractivity contribution is 6.00. The van der Waals surface area contributed by atoms with E-state index in [9.17, 15) is 18.0 Å². The lowest BCUT2D eigenvalue weighted by molar-refractivity contribution is -0.495. The van der Waals surface area contributed by atoms with Crippen LogP contribution in [0, 0.1) is 0 Å². The number of rotatable bonds is 2. The molecule has 0 unspecified atom stereocenters. The summed E-state index contributed by atoms with van der Waals surface area (Å²) in [6, 6.07) is 1.83. The maximum Gasteiger partial charge on any atom is 0.397 e. The topological polar surface area (TPSA) is 62.7 Å². The lowest BCUT2D eigenvalue weighted by Gasteiger charge is -2.18. The van der Waals surface area contributed by atoms with Gasteiger partial charge < -0.3 is 4.90 Å². The second-order valence-electron chi connectivity index (χ2n) is 6.00. The summed E-state index contributed by atoms with van der Waals surface area (Å²) >= 11 is 0. The third-order valence-corrected chi connectivity index (χ3v) is 4.34. The number of pyridine rings is 2. The van der Waals surface area contributed by atoms with Crippen LogP contribution in [0.25, 0.3) is 22.6 Å². The molecular formula is C17H14F3N4O+. The molecule has 0 saturated carbocycles. The van der Waals surface area contributed by atoms with E-state index >= 15 is 0 Å². The van der Waals surface area contributed by atoms with Crippen LogP contribution in [-0.2, 0) is 4.79 Å². The number of carbonyl (C=O) groups excluding carboxylic acids is 1. The van der Waals surface area contributed by atoms with E-state index in [-0.39, 0.29) is 13.1 Å². The summed E-state index contributed by atoms with van der Waals surface area (Å²) < 4.78 is 37.3. The molecule has 0 bridgehead atoms. The third kappa shape index (κ3) is 2.89. The molecular weight excluding hydrogens is 333 g/mol. The number of fused-ring (bicyclic) bond motifs is 3. The molecule has 2 aliphatic rings. The zero-order valence-corrected chi connectivity index (χ0v) is 13.0. The number of alkyl halides is 3. The van der Waals surface area contributed by atoms with E-state index in [1.807, 2.05) is 23.7 Å².